The lowest BCUT2D eigenvalue weighted by molar-refractivity contribution is -0.376. The van der Waals surface area contributed by atoms with Gasteiger partial charge in [0.1, 0.15) is 0 Å². The van der Waals surface area contributed by atoms with Gasteiger partial charge in [-0.25, -0.2) is 4.79 Å². The third-order valence-electron chi connectivity index (χ3n) is 5.06. The van der Waals surface area contributed by atoms with Crippen molar-refractivity contribution in [3.8, 4) is 6.07 Å². The summed E-state index contributed by atoms with van der Waals surface area (Å²) in [5, 5.41) is 27.2. The van der Waals surface area contributed by atoms with Crippen molar-refractivity contribution in [2.45, 2.75) is 57.0 Å². The van der Waals surface area contributed by atoms with E-state index in [1.165, 1.54) is 9.80 Å². The van der Waals surface area contributed by atoms with E-state index in [0.29, 0.717) is 50.9 Å². The quantitative estimate of drug-likeness (QED) is 0.352. The number of aliphatic hydroxyl groups excluding tert-OH is 1. The number of benzene rings is 1. The van der Waals surface area contributed by atoms with E-state index >= 15 is 0 Å². The molecule has 0 atom stereocenters. The maximum atomic E-state index is 13.1. The molecule has 0 aliphatic heterocycles. The SMILES string of the molecule is CCN(CCCCO)C(=O)N(CCCCC#N)c1ccc(C(O)(C(F)(F)F)C(F)(F)F)cc1. The minimum atomic E-state index is -6.01. The summed E-state index contributed by atoms with van der Waals surface area (Å²) in [6.45, 7) is 2.32. The molecule has 2 amide bonds. The van der Waals surface area contributed by atoms with E-state index < -0.39 is 29.5 Å². The number of halogens is 6. The first-order valence-corrected chi connectivity index (χ1v) is 10.4. The lowest BCUT2D eigenvalue weighted by Gasteiger charge is -2.33. The Bertz CT molecular complexity index is 776. The standard InChI is InChI=1S/C21H27F6N3O3/c1-2-29(13-6-7-15-31)18(32)30(14-5-3-4-12-28)17-10-8-16(9-11-17)19(33,20(22,23)24)21(25,26)27/h8-11,31,33H,2-7,13-15H2,1H3. The number of rotatable bonds is 11. The maximum absolute atomic E-state index is 13.1. The number of amides is 2. The van der Waals surface area contributed by atoms with Crippen molar-refractivity contribution < 1.29 is 41.4 Å². The molecule has 0 saturated heterocycles. The van der Waals surface area contributed by atoms with Crippen molar-refractivity contribution in [3.05, 3.63) is 29.8 Å². The fourth-order valence-corrected chi connectivity index (χ4v) is 3.15. The zero-order valence-corrected chi connectivity index (χ0v) is 18.1. The molecule has 0 aromatic heterocycles. The van der Waals surface area contributed by atoms with Crippen LogP contribution >= 0.6 is 0 Å². The Morgan fingerprint density at radius 3 is 1.97 bits per heavy atom. The number of hydrogen-bond donors (Lipinski definition) is 2. The van der Waals surface area contributed by atoms with Crippen molar-refractivity contribution in [1.82, 2.24) is 4.90 Å². The van der Waals surface area contributed by atoms with Crippen molar-refractivity contribution in [2.75, 3.05) is 31.1 Å². The second kappa shape index (κ2) is 12.1. The third-order valence-corrected chi connectivity index (χ3v) is 5.06. The van der Waals surface area contributed by atoms with Gasteiger partial charge in [-0.1, -0.05) is 12.1 Å². The van der Waals surface area contributed by atoms with Crippen LogP contribution in [-0.2, 0) is 5.60 Å². The number of carbonyl (C=O) groups is 1. The zero-order valence-electron chi connectivity index (χ0n) is 18.1. The predicted octanol–water partition coefficient (Wildman–Crippen LogP) is 4.71. The molecular weight excluding hydrogens is 456 g/mol. The largest absolute Gasteiger partial charge is 0.430 e. The van der Waals surface area contributed by atoms with E-state index in [2.05, 4.69) is 0 Å². The highest BCUT2D eigenvalue weighted by atomic mass is 19.4. The summed E-state index contributed by atoms with van der Waals surface area (Å²) in [6, 6.07) is 4.26. The molecule has 0 heterocycles. The Balaban J connectivity index is 3.28. The van der Waals surface area contributed by atoms with Crippen LogP contribution in [0.4, 0.5) is 36.8 Å². The molecule has 6 nitrogen and oxygen atoms in total. The molecule has 0 aliphatic carbocycles. The summed E-state index contributed by atoms with van der Waals surface area (Å²) < 4.78 is 78.8. The van der Waals surface area contributed by atoms with Crippen molar-refractivity contribution in [3.63, 3.8) is 0 Å². The molecule has 0 spiro atoms. The van der Waals surface area contributed by atoms with E-state index in [0.717, 1.165) is 12.1 Å². The molecule has 1 rings (SSSR count). The highest BCUT2D eigenvalue weighted by molar-refractivity contribution is 5.92. The summed E-state index contributed by atoms with van der Waals surface area (Å²) in [7, 11) is 0. The minimum absolute atomic E-state index is 0.0491. The van der Waals surface area contributed by atoms with Crippen LogP contribution in [0.1, 0.15) is 44.6 Å². The molecular formula is C21H27F6N3O3. The maximum Gasteiger partial charge on any atom is 0.430 e. The molecule has 33 heavy (non-hydrogen) atoms. The number of aliphatic hydroxyl groups is 2. The second-order valence-electron chi connectivity index (χ2n) is 7.31. The fourth-order valence-electron chi connectivity index (χ4n) is 3.15. The summed E-state index contributed by atoms with van der Waals surface area (Å²) in [6.07, 6.45) is -10.0. The van der Waals surface area contributed by atoms with E-state index in [4.69, 9.17) is 10.4 Å². The Morgan fingerprint density at radius 2 is 1.52 bits per heavy atom. The average Bonchev–Trinajstić information content (AvgIpc) is 2.74. The lowest BCUT2D eigenvalue weighted by atomic mass is 9.92. The molecule has 1 aromatic rings. The van der Waals surface area contributed by atoms with Gasteiger partial charge in [0.15, 0.2) is 0 Å². The average molecular weight is 483 g/mol. The van der Waals surface area contributed by atoms with Crippen LogP contribution in [-0.4, -0.2) is 59.7 Å². The Labute approximate surface area is 188 Å². The second-order valence-corrected chi connectivity index (χ2v) is 7.31. The smallest absolute Gasteiger partial charge is 0.396 e. The Hall–Kier alpha value is -2.52. The van der Waals surface area contributed by atoms with Gasteiger partial charge in [0, 0.05) is 43.9 Å². The monoisotopic (exact) mass is 483 g/mol. The van der Waals surface area contributed by atoms with Crippen LogP contribution in [0.5, 0.6) is 0 Å². The van der Waals surface area contributed by atoms with Crippen molar-refractivity contribution in [1.29, 1.82) is 5.26 Å². The van der Waals surface area contributed by atoms with E-state index in [1.807, 2.05) is 6.07 Å². The highest BCUT2D eigenvalue weighted by Gasteiger charge is 2.71. The fraction of sp³-hybridized carbons (Fsp3) is 0.619. The number of urea groups is 1. The van der Waals surface area contributed by atoms with Crippen LogP contribution in [0, 0.1) is 11.3 Å². The summed E-state index contributed by atoms with van der Waals surface area (Å²) >= 11 is 0. The molecule has 1 aromatic carbocycles. The van der Waals surface area contributed by atoms with Crippen LogP contribution in [0.2, 0.25) is 0 Å². The van der Waals surface area contributed by atoms with Gasteiger partial charge in [-0.3, -0.25) is 4.90 Å². The first-order valence-electron chi connectivity index (χ1n) is 10.4. The summed E-state index contributed by atoms with van der Waals surface area (Å²) in [4.78, 5) is 15.7. The van der Waals surface area contributed by atoms with Crippen LogP contribution in [0.25, 0.3) is 0 Å². The Kier molecular flexibility index (Phi) is 10.4. The molecule has 0 unspecified atom stereocenters. The number of anilines is 1. The number of alkyl halides is 6. The van der Waals surface area contributed by atoms with Gasteiger partial charge in [-0.05, 0) is 44.7 Å². The molecule has 0 bridgehead atoms. The highest BCUT2D eigenvalue weighted by Crippen LogP contribution is 2.50. The normalized spacial score (nSPS) is 12.4. The number of nitrogens with zero attached hydrogens (tertiary/aromatic N) is 3. The summed E-state index contributed by atoms with van der Waals surface area (Å²) in [5.74, 6) is 0. The first kappa shape index (κ1) is 28.5. The van der Waals surface area contributed by atoms with E-state index in [-0.39, 0.29) is 25.3 Å². The molecule has 12 heteroatoms. The van der Waals surface area contributed by atoms with Crippen LogP contribution < -0.4 is 4.90 Å². The molecule has 186 valence electrons. The van der Waals surface area contributed by atoms with Gasteiger partial charge in [-0.2, -0.15) is 31.6 Å². The molecule has 0 saturated carbocycles. The topological polar surface area (TPSA) is 87.8 Å². The van der Waals surface area contributed by atoms with Gasteiger partial charge in [0.2, 0.25) is 0 Å². The van der Waals surface area contributed by atoms with Gasteiger partial charge >= 0.3 is 18.4 Å². The van der Waals surface area contributed by atoms with Crippen molar-refractivity contribution >= 4 is 11.7 Å². The lowest BCUT2D eigenvalue weighted by Crippen LogP contribution is -2.53. The number of carbonyl (C=O) groups excluding carboxylic acids is 1. The van der Waals surface area contributed by atoms with Gasteiger partial charge in [0.25, 0.3) is 5.60 Å². The molecule has 0 aliphatic rings. The van der Waals surface area contributed by atoms with Crippen LogP contribution in [0.15, 0.2) is 24.3 Å². The first-order chi connectivity index (χ1) is 15.3. The minimum Gasteiger partial charge on any atom is -0.396 e. The zero-order chi connectivity index (χ0) is 25.3. The van der Waals surface area contributed by atoms with Crippen LogP contribution in [0.3, 0.4) is 0 Å². The van der Waals surface area contributed by atoms with Gasteiger partial charge in [-0.15, -0.1) is 0 Å². The van der Waals surface area contributed by atoms with E-state index in [1.54, 1.807) is 6.92 Å². The predicted molar refractivity (Wildman–Crippen MR) is 108 cm³/mol. The Morgan fingerprint density at radius 1 is 0.970 bits per heavy atom. The van der Waals surface area contributed by atoms with Crippen molar-refractivity contribution in [2.24, 2.45) is 0 Å². The molecule has 2 N–H and O–H groups in total. The summed E-state index contributed by atoms with van der Waals surface area (Å²) in [5.41, 5.74) is -6.42. The number of unbranched alkanes of at least 4 members (excludes halogenated alkanes) is 3. The molecule has 0 radical (unpaired) electrons. The van der Waals surface area contributed by atoms with Gasteiger partial charge < -0.3 is 15.1 Å². The third kappa shape index (κ3) is 6.98. The number of hydrogen-bond acceptors (Lipinski definition) is 4. The number of nitriles is 1. The van der Waals surface area contributed by atoms with Gasteiger partial charge in [0.05, 0.1) is 6.07 Å². The molecule has 0 fully saturated rings. The van der Waals surface area contributed by atoms with E-state index in [9.17, 15) is 36.2 Å².